The molecule has 0 fully saturated rings. The predicted molar refractivity (Wildman–Crippen MR) is 77.9 cm³/mol. The monoisotopic (exact) mass is 267 g/mol. The van der Waals surface area contributed by atoms with Gasteiger partial charge < -0.3 is 10.5 Å². The molecule has 3 rings (SSSR count). The van der Waals surface area contributed by atoms with E-state index in [0.29, 0.717) is 6.42 Å². The third-order valence-corrected chi connectivity index (χ3v) is 4.00. The summed E-state index contributed by atoms with van der Waals surface area (Å²) in [5, 5.41) is 0. The van der Waals surface area contributed by atoms with Crippen molar-refractivity contribution >= 4 is 5.91 Å². The Balaban J connectivity index is 2.16. The maximum absolute atomic E-state index is 11.9. The fourth-order valence-corrected chi connectivity index (χ4v) is 2.90. The van der Waals surface area contributed by atoms with Crippen molar-refractivity contribution in [2.75, 3.05) is 7.11 Å². The molecule has 1 atom stereocenters. The van der Waals surface area contributed by atoms with Gasteiger partial charge in [-0.15, -0.1) is 0 Å². The van der Waals surface area contributed by atoms with E-state index in [-0.39, 0.29) is 11.8 Å². The van der Waals surface area contributed by atoms with Crippen molar-refractivity contribution in [1.82, 2.24) is 0 Å². The van der Waals surface area contributed by atoms with Gasteiger partial charge in [-0.05, 0) is 47.2 Å². The summed E-state index contributed by atoms with van der Waals surface area (Å²) in [6.45, 7) is 0. The van der Waals surface area contributed by atoms with Crippen molar-refractivity contribution < 1.29 is 9.53 Å². The fraction of sp³-hybridized carbons (Fsp3) is 0.235. The van der Waals surface area contributed by atoms with E-state index < -0.39 is 0 Å². The maximum Gasteiger partial charge on any atom is 0.225 e. The molecule has 0 saturated heterocycles. The van der Waals surface area contributed by atoms with E-state index >= 15 is 0 Å². The minimum atomic E-state index is -0.288. The number of ether oxygens (including phenoxy) is 1. The molecule has 0 spiro atoms. The van der Waals surface area contributed by atoms with Crippen LogP contribution in [0.25, 0.3) is 0 Å². The summed E-state index contributed by atoms with van der Waals surface area (Å²) in [7, 11) is 1.63. The van der Waals surface area contributed by atoms with Gasteiger partial charge in [-0.2, -0.15) is 0 Å². The van der Waals surface area contributed by atoms with Gasteiger partial charge in [0.25, 0.3) is 0 Å². The average molecular weight is 267 g/mol. The molecule has 3 nitrogen and oxygen atoms in total. The van der Waals surface area contributed by atoms with E-state index in [1.54, 1.807) is 7.11 Å². The van der Waals surface area contributed by atoms with Crippen LogP contribution in [-0.4, -0.2) is 13.0 Å². The molecule has 1 aliphatic carbocycles. The molecule has 2 N–H and O–H groups in total. The number of fused-ring (bicyclic) bond motifs is 2. The van der Waals surface area contributed by atoms with Gasteiger partial charge in [0.15, 0.2) is 0 Å². The van der Waals surface area contributed by atoms with Gasteiger partial charge in [-0.25, -0.2) is 0 Å². The molecular weight excluding hydrogens is 250 g/mol. The highest BCUT2D eigenvalue weighted by atomic mass is 16.5. The van der Waals surface area contributed by atoms with E-state index in [4.69, 9.17) is 10.5 Å². The van der Waals surface area contributed by atoms with Crippen molar-refractivity contribution in [2.24, 2.45) is 5.73 Å². The molecule has 0 aromatic heterocycles. The second-order valence-electron chi connectivity index (χ2n) is 5.17. The summed E-state index contributed by atoms with van der Waals surface area (Å²) < 4.78 is 5.27. The number of amides is 1. The lowest BCUT2D eigenvalue weighted by molar-refractivity contribution is -0.119. The third kappa shape index (κ3) is 2.16. The molecule has 20 heavy (non-hydrogen) atoms. The van der Waals surface area contributed by atoms with Crippen molar-refractivity contribution in [3.8, 4) is 5.75 Å². The zero-order chi connectivity index (χ0) is 14.1. The van der Waals surface area contributed by atoms with Crippen molar-refractivity contribution in [2.45, 2.75) is 18.8 Å². The lowest BCUT2D eigenvalue weighted by atomic mass is 9.90. The Morgan fingerprint density at radius 2 is 1.90 bits per heavy atom. The molecule has 1 aliphatic rings. The topological polar surface area (TPSA) is 52.3 Å². The van der Waals surface area contributed by atoms with Crippen LogP contribution >= 0.6 is 0 Å². The van der Waals surface area contributed by atoms with Crippen LogP contribution in [0.3, 0.4) is 0 Å². The van der Waals surface area contributed by atoms with Crippen LogP contribution < -0.4 is 10.5 Å². The minimum Gasteiger partial charge on any atom is -0.497 e. The van der Waals surface area contributed by atoms with Gasteiger partial charge in [-0.1, -0.05) is 30.3 Å². The van der Waals surface area contributed by atoms with Gasteiger partial charge in [0.1, 0.15) is 5.75 Å². The lowest BCUT2D eigenvalue weighted by Crippen LogP contribution is -2.23. The smallest absolute Gasteiger partial charge is 0.225 e. The highest BCUT2D eigenvalue weighted by Crippen LogP contribution is 2.33. The van der Waals surface area contributed by atoms with Crippen LogP contribution in [0.4, 0.5) is 0 Å². The van der Waals surface area contributed by atoms with Crippen molar-refractivity contribution in [1.29, 1.82) is 0 Å². The van der Waals surface area contributed by atoms with E-state index in [1.165, 1.54) is 11.1 Å². The Morgan fingerprint density at radius 3 is 2.60 bits per heavy atom. The molecule has 0 heterocycles. The van der Waals surface area contributed by atoms with Crippen molar-refractivity contribution in [3.63, 3.8) is 0 Å². The van der Waals surface area contributed by atoms with Gasteiger partial charge in [0.2, 0.25) is 5.91 Å². The number of carbonyl (C=O) groups is 1. The van der Waals surface area contributed by atoms with Crippen LogP contribution in [0, 0.1) is 0 Å². The zero-order valence-corrected chi connectivity index (χ0v) is 11.4. The molecule has 0 aliphatic heterocycles. The van der Waals surface area contributed by atoms with Gasteiger partial charge in [0, 0.05) is 0 Å². The van der Waals surface area contributed by atoms with Crippen LogP contribution in [0.1, 0.15) is 28.2 Å². The first kappa shape index (κ1) is 12.7. The molecule has 1 amide bonds. The largest absolute Gasteiger partial charge is 0.497 e. The third-order valence-electron chi connectivity index (χ3n) is 4.00. The number of primary amides is 1. The highest BCUT2D eigenvalue weighted by Gasteiger charge is 2.26. The summed E-state index contributed by atoms with van der Waals surface area (Å²) in [6.07, 6.45) is 1.49. The van der Waals surface area contributed by atoms with Crippen LogP contribution in [0.15, 0.2) is 42.5 Å². The number of methoxy groups -OCH3 is 1. The van der Waals surface area contributed by atoms with Crippen molar-refractivity contribution in [3.05, 3.63) is 64.7 Å². The van der Waals surface area contributed by atoms with Crippen LogP contribution in [0.5, 0.6) is 5.75 Å². The first-order chi connectivity index (χ1) is 9.69. The average Bonchev–Trinajstić information content (AvgIpc) is 2.62. The zero-order valence-electron chi connectivity index (χ0n) is 11.4. The molecule has 2 aromatic rings. The minimum absolute atomic E-state index is 0.281. The predicted octanol–water partition coefficient (Wildman–Crippen LogP) is 2.41. The fourth-order valence-electron chi connectivity index (χ4n) is 2.90. The van der Waals surface area contributed by atoms with E-state index in [0.717, 1.165) is 23.3 Å². The summed E-state index contributed by atoms with van der Waals surface area (Å²) >= 11 is 0. The Morgan fingerprint density at radius 1 is 1.15 bits per heavy atom. The summed E-state index contributed by atoms with van der Waals surface area (Å²) in [5.74, 6) is 0.195. The maximum atomic E-state index is 11.9. The summed E-state index contributed by atoms with van der Waals surface area (Å²) in [6, 6.07) is 14.1. The Kier molecular flexibility index (Phi) is 3.18. The molecule has 0 radical (unpaired) electrons. The molecular formula is C17H17NO2. The van der Waals surface area contributed by atoms with Crippen LogP contribution in [0.2, 0.25) is 0 Å². The van der Waals surface area contributed by atoms with Gasteiger partial charge in [0.05, 0.1) is 13.0 Å². The second kappa shape index (κ2) is 5.00. The number of carbonyl (C=O) groups excluding carboxylic acids is 1. The number of rotatable bonds is 2. The standard InChI is InChI=1S/C17H17NO2/c1-20-14-7-6-13-8-11-4-2-3-5-12(11)9-16(17(18)19)15(13)10-14/h2-7,10,16H,8-9H2,1H3,(H2,18,19)/t16-/m1/s1. The second-order valence-corrected chi connectivity index (χ2v) is 5.17. The molecule has 0 saturated carbocycles. The molecule has 0 bridgehead atoms. The van der Waals surface area contributed by atoms with E-state index in [2.05, 4.69) is 12.1 Å². The van der Waals surface area contributed by atoms with Gasteiger partial charge >= 0.3 is 0 Å². The Bertz CT molecular complexity index is 664. The SMILES string of the molecule is COc1ccc2c(c1)[C@H](C(N)=O)Cc1ccccc1C2. The van der Waals surface area contributed by atoms with E-state index in [1.807, 2.05) is 30.3 Å². The quantitative estimate of drug-likeness (QED) is 0.908. The van der Waals surface area contributed by atoms with Crippen LogP contribution in [-0.2, 0) is 17.6 Å². The van der Waals surface area contributed by atoms with Gasteiger partial charge in [-0.3, -0.25) is 4.79 Å². The normalized spacial score (nSPS) is 16.8. The molecule has 0 unspecified atom stereocenters. The number of benzene rings is 2. The van der Waals surface area contributed by atoms with E-state index in [9.17, 15) is 4.79 Å². The molecule has 2 aromatic carbocycles. The molecule has 102 valence electrons. The molecule has 3 heteroatoms. The number of hydrogen-bond acceptors (Lipinski definition) is 2. The number of hydrogen-bond donors (Lipinski definition) is 1. The Labute approximate surface area is 118 Å². The first-order valence-corrected chi connectivity index (χ1v) is 6.72. The highest BCUT2D eigenvalue weighted by molar-refractivity contribution is 5.83. The Hall–Kier alpha value is -2.29. The first-order valence-electron chi connectivity index (χ1n) is 6.72. The summed E-state index contributed by atoms with van der Waals surface area (Å²) in [5.41, 5.74) is 10.2. The summed E-state index contributed by atoms with van der Waals surface area (Å²) in [4.78, 5) is 11.9. The lowest BCUT2D eigenvalue weighted by Gasteiger charge is -2.15. The number of nitrogens with two attached hydrogens (primary N) is 1.